The Morgan fingerprint density at radius 1 is 1.09 bits per heavy atom. The molecule has 0 aliphatic heterocycles. The van der Waals surface area contributed by atoms with Crippen LogP contribution in [0.3, 0.4) is 0 Å². The Bertz CT molecular complexity index is 757. The number of hydrogen-bond acceptors (Lipinski definition) is 1. The summed E-state index contributed by atoms with van der Waals surface area (Å²) in [6.07, 6.45) is -0.0168. The van der Waals surface area contributed by atoms with Gasteiger partial charge in [-0.1, -0.05) is 45.0 Å². The van der Waals surface area contributed by atoms with Gasteiger partial charge in [-0.25, -0.2) is 4.39 Å². The summed E-state index contributed by atoms with van der Waals surface area (Å²) in [5, 5.41) is 9.23. The lowest BCUT2D eigenvalue weighted by molar-refractivity contribution is -0.137. The first-order chi connectivity index (χ1) is 10.3. The fourth-order valence-corrected chi connectivity index (χ4v) is 3.19. The molecule has 1 aliphatic carbocycles. The predicted octanol–water partition coefficient (Wildman–Crippen LogP) is 4.71. The number of rotatable bonds is 2. The van der Waals surface area contributed by atoms with Crippen LogP contribution in [0.4, 0.5) is 4.39 Å². The minimum Gasteiger partial charge on any atom is -0.481 e. The molecule has 0 spiro atoms. The van der Waals surface area contributed by atoms with E-state index in [4.69, 9.17) is 0 Å². The third kappa shape index (κ3) is 2.41. The second kappa shape index (κ2) is 4.94. The van der Waals surface area contributed by atoms with Gasteiger partial charge in [-0.05, 0) is 45.4 Å². The lowest BCUT2D eigenvalue weighted by Crippen LogP contribution is -2.12. The van der Waals surface area contributed by atoms with E-state index < -0.39 is 5.97 Å². The van der Waals surface area contributed by atoms with Crippen molar-refractivity contribution >= 4 is 5.97 Å². The second-order valence-corrected chi connectivity index (χ2v) is 6.93. The number of carboxylic acids is 1. The van der Waals surface area contributed by atoms with Crippen LogP contribution >= 0.6 is 0 Å². The van der Waals surface area contributed by atoms with Gasteiger partial charge in [0.15, 0.2) is 0 Å². The normalized spacial score (nSPS) is 16.3. The molecule has 114 valence electrons. The third-order valence-corrected chi connectivity index (χ3v) is 4.35. The summed E-state index contributed by atoms with van der Waals surface area (Å²) in [5.41, 5.74) is 4.90. The van der Waals surface area contributed by atoms with Crippen LogP contribution in [0.15, 0.2) is 36.4 Å². The number of carbonyl (C=O) groups is 1. The van der Waals surface area contributed by atoms with E-state index in [0.29, 0.717) is 0 Å². The van der Waals surface area contributed by atoms with Crippen LogP contribution in [-0.2, 0) is 10.2 Å². The van der Waals surface area contributed by atoms with Gasteiger partial charge >= 0.3 is 5.97 Å². The Hall–Kier alpha value is -2.16. The van der Waals surface area contributed by atoms with E-state index in [1.54, 1.807) is 6.07 Å². The van der Waals surface area contributed by atoms with Gasteiger partial charge in [0.2, 0.25) is 0 Å². The summed E-state index contributed by atoms with van der Waals surface area (Å²) < 4.78 is 13.6. The standard InChI is InChI=1S/C19H19FO2/c1-19(2,3)11-4-6-13-14-7-5-12(20)9-16(14)17(10-18(21)22)15(13)8-11/h4-9,17H,10H2,1-3H3,(H,21,22). The Balaban J connectivity index is 2.20. The maximum atomic E-state index is 13.6. The highest BCUT2D eigenvalue weighted by Crippen LogP contribution is 2.47. The Labute approximate surface area is 129 Å². The molecule has 0 heterocycles. The number of aliphatic carboxylic acids is 1. The number of halogens is 1. The van der Waals surface area contributed by atoms with Crippen LogP contribution < -0.4 is 0 Å². The number of fused-ring (bicyclic) bond motifs is 3. The van der Waals surface area contributed by atoms with Crippen molar-refractivity contribution in [2.45, 2.75) is 38.5 Å². The number of carboxylic acid groups (broad SMARTS) is 1. The molecule has 0 bridgehead atoms. The van der Waals surface area contributed by atoms with Crippen molar-refractivity contribution < 1.29 is 14.3 Å². The first-order valence-electron chi connectivity index (χ1n) is 7.43. The molecule has 0 fully saturated rings. The molecule has 22 heavy (non-hydrogen) atoms. The summed E-state index contributed by atoms with van der Waals surface area (Å²) in [4.78, 5) is 11.2. The predicted molar refractivity (Wildman–Crippen MR) is 84.6 cm³/mol. The van der Waals surface area contributed by atoms with Crippen LogP contribution in [0, 0.1) is 5.82 Å². The van der Waals surface area contributed by atoms with Gasteiger partial charge < -0.3 is 5.11 Å². The summed E-state index contributed by atoms with van der Waals surface area (Å²) in [6.45, 7) is 6.38. The van der Waals surface area contributed by atoms with E-state index in [1.165, 1.54) is 12.1 Å². The zero-order valence-electron chi connectivity index (χ0n) is 13.0. The number of benzene rings is 2. The Morgan fingerprint density at radius 3 is 2.27 bits per heavy atom. The highest BCUT2D eigenvalue weighted by atomic mass is 19.1. The lowest BCUT2D eigenvalue weighted by atomic mass is 9.83. The van der Waals surface area contributed by atoms with Gasteiger partial charge in [0.1, 0.15) is 5.82 Å². The average Bonchev–Trinajstić information content (AvgIpc) is 2.71. The lowest BCUT2D eigenvalue weighted by Gasteiger charge is -2.21. The van der Waals surface area contributed by atoms with Crippen molar-refractivity contribution in [2.24, 2.45) is 0 Å². The molecule has 1 aliphatic rings. The molecule has 2 aromatic carbocycles. The highest BCUT2D eigenvalue weighted by molar-refractivity contribution is 5.82. The molecular weight excluding hydrogens is 279 g/mol. The molecule has 2 aromatic rings. The zero-order valence-corrected chi connectivity index (χ0v) is 13.0. The minimum absolute atomic E-state index is 0.0111. The molecule has 2 nitrogen and oxygen atoms in total. The molecule has 3 heteroatoms. The maximum absolute atomic E-state index is 13.6. The van der Waals surface area contributed by atoms with E-state index in [-0.39, 0.29) is 23.6 Å². The fraction of sp³-hybridized carbons (Fsp3) is 0.316. The number of hydrogen-bond donors (Lipinski definition) is 1. The van der Waals surface area contributed by atoms with Crippen molar-refractivity contribution in [1.29, 1.82) is 0 Å². The summed E-state index contributed by atoms with van der Waals surface area (Å²) >= 11 is 0. The molecular formula is C19H19FO2. The first-order valence-corrected chi connectivity index (χ1v) is 7.43. The molecule has 3 rings (SSSR count). The fourth-order valence-electron chi connectivity index (χ4n) is 3.19. The van der Waals surface area contributed by atoms with E-state index in [0.717, 1.165) is 27.8 Å². The molecule has 0 radical (unpaired) electrons. The van der Waals surface area contributed by atoms with Crippen LogP contribution in [0.5, 0.6) is 0 Å². The van der Waals surface area contributed by atoms with Crippen LogP contribution in [0.25, 0.3) is 11.1 Å². The van der Waals surface area contributed by atoms with Gasteiger partial charge in [0.25, 0.3) is 0 Å². The SMILES string of the molecule is CC(C)(C)c1ccc2c(c1)C(CC(=O)O)c1cc(F)ccc1-2. The van der Waals surface area contributed by atoms with E-state index in [2.05, 4.69) is 32.9 Å². The molecule has 0 saturated carbocycles. The smallest absolute Gasteiger partial charge is 0.304 e. The van der Waals surface area contributed by atoms with Gasteiger partial charge in [0.05, 0.1) is 6.42 Å². The largest absolute Gasteiger partial charge is 0.481 e. The summed E-state index contributed by atoms with van der Waals surface area (Å²) in [7, 11) is 0. The van der Waals surface area contributed by atoms with E-state index in [1.807, 2.05) is 6.07 Å². The molecule has 1 unspecified atom stereocenters. The van der Waals surface area contributed by atoms with Crippen molar-refractivity contribution in [3.8, 4) is 11.1 Å². The summed E-state index contributed by atoms with van der Waals surface area (Å²) in [5.74, 6) is -1.47. The van der Waals surface area contributed by atoms with E-state index >= 15 is 0 Å². The van der Waals surface area contributed by atoms with E-state index in [9.17, 15) is 14.3 Å². The average molecular weight is 298 g/mol. The quantitative estimate of drug-likeness (QED) is 0.871. The van der Waals surface area contributed by atoms with Crippen molar-refractivity contribution in [3.63, 3.8) is 0 Å². The molecule has 0 amide bonds. The van der Waals surface area contributed by atoms with Gasteiger partial charge in [-0.2, -0.15) is 0 Å². The summed E-state index contributed by atoms with van der Waals surface area (Å²) in [6, 6.07) is 10.9. The van der Waals surface area contributed by atoms with Gasteiger partial charge in [-0.15, -0.1) is 0 Å². The van der Waals surface area contributed by atoms with Gasteiger partial charge in [-0.3, -0.25) is 4.79 Å². The zero-order chi connectivity index (χ0) is 16.1. The van der Waals surface area contributed by atoms with Crippen molar-refractivity contribution in [2.75, 3.05) is 0 Å². The first kappa shape index (κ1) is 14.8. The Morgan fingerprint density at radius 2 is 1.68 bits per heavy atom. The highest BCUT2D eigenvalue weighted by Gasteiger charge is 2.31. The van der Waals surface area contributed by atoms with Crippen LogP contribution in [0.2, 0.25) is 0 Å². The topological polar surface area (TPSA) is 37.3 Å². The van der Waals surface area contributed by atoms with Crippen molar-refractivity contribution in [1.82, 2.24) is 0 Å². The third-order valence-electron chi connectivity index (χ3n) is 4.35. The molecule has 1 atom stereocenters. The minimum atomic E-state index is -0.866. The van der Waals surface area contributed by atoms with Crippen LogP contribution in [-0.4, -0.2) is 11.1 Å². The maximum Gasteiger partial charge on any atom is 0.304 e. The molecule has 0 aromatic heterocycles. The van der Waals surface area contributed by atoms with Gasteiger partial charge in [0, 0.05) is 5.92 Å². The monoisotopic (exact) mass is 298 g/mol. The van der Waals surface area contributed by atoms with Crippen LogP contribution in [0.1, 0.15) is 49.8 Å². The molecule has 1 N–H and O–H groups in total. The molecule has 0 saturated heterocycles. The van der Waals surface area contributed by atoms with Crippen molar-refractivity contribution in [3.05, 3.63) is 58.9 Å². The Kier molecular flexibility index (Phi) is 3.32. The second-order valence-electron chi connectivity index (χ2n) is 6.93.